The van der Waals surface area contributed by atoms with E-state index in [-0.39, 0.29) is 12.5 Å². The Morgan fingerprint density at radius 2 is 1.96 bits per heavy atom. The lowest BCUT2D eigenvalue weighted by atomic mass is 10.0. The lowest BCUT2D eigenvalue weighted by Gasteiger charge is -2.22. The molecule has 0 fully saturated rings. The maximum atomic E-state index is 12.5. The number of aromatic nitrogens is 2. The summed E-state index contributed by atoms with van der Waals surface area (Å²) in [6, 6.07) is 6.38. The molecule has 1 aromatic heterocycles. The van der Waals surface area contributed by atoms with Gasteiger partial charge in [-0.05, 0) is 25.8 Å². The Morgan fingerprint density at radius 3 is 2.52 bits per heavy atom. The minimum atomic E-state index is -0.0346. The maximum Gasteiger partial charge on any atom is 0.223 e. The first-order chi connectivity index (χ1) is 11.0. The molecule has 23 heavy (non-hydrogen) atoms. The summed E-state index contributed by atoms with van der Waals surface area (Å²) < 4.78 is 1.89. The summed E-state index contributed by atoms with van der Waals surface area (Å²) in [5, 5.41) is 9.23. The summed E-state index contributed by atoms with van der Waals surface area (Å²) in [4.78, 5) is 18.3. The number of nitrogens with zero attached hydrogens (tertiary/aromatic N) is 3. The first-order valence-electron chi connectivity index (χ1n) is 7.90. The molecule has 0 aliphatic carbocycles. The van der Waals surface area contributed by atoms with E-state index in [0.29, 0.717) is 25.9 Å². The van der Waals surface area contributed by atoms with E-state index in [1.807, 2.05) is 11.6 Å². The fourth-order valence-electron chi connectivity index (χ4n) is 2.77. The fourth-order valence-corrected chi connectivity index (χ4v) is 2.77. The molecule has 1 N–H and O–H groups in total. The molecule has 1 amide bonds. The van der Waals surface area contributed by atoms with E-state index in [1.54, 1.807) is 17.4 Å². The van der Waals surface area contributed by atoms with E-state index in [2.05, 4.69) is 37.0 Å². The fraction of sp³-hybridized carbons (Fsp3) is 0.444. The number of hydrogen-bond donors (Lipinski definition) is 1. The number of aliphatic hydroxyl groups excluding tert-OH is 1. The van der Waals surface area contributed by atoms with Crippen LogP contribution in [-0.2, 0) is 24.8 Å². The maximum absolute atomic E-state index is 12.5. The molecule has 0 saturated heterocycles. The second kappa shape index (κ2) is 7.92. The van der Waals surface area contributed by atoms with Crippen molar-refractivity contribution in [1.29, 1.82) is 0 Å². The number of aryl methyl sites for hydroxylation is 4. The zero-order valence-corrected chi connectivity index (χ0v) is 14.1. The van der Waals surface area contributed by atoms with Crippen LogP contribution in [0.15, 0.2) is 30.7 Å². The molecule has 2 rings (SSSR count). The third-order valence-electron chi connectivity index (χ3n) is 3.90. The predicted molar refractivity (Wildman–Crippen MR) is 89.9 cm³/mol. The van der Waals surface area contributed by atoms with Crippen molar-refractivity contribution in [3.63, 3.8) is 0 Å². The molecule has 1 heterocycles. The van der Waals surface area contributed by atoms with Crippen LogP contribution in [0.3, 0.4) is 0 Å². The first-order valence-corrected chi connectivity index (χ1v) is 7.90. The first kappa shape index (κ1) is 17.2. The van der Waals surface area contributed by atoms with E-state index in [9.17, 15) is 9.90 Å². The summed E-state index contributed by atoms with van der Waals surface area (Å²) in [6.07, 6.45) is 4.63. The summed E-state index contributed by atoms with van der Waals surface area (Å²) in [6.45, 7) is 4.92. The van der Waals surface area contributed by atoms with Gasteiger partial charge in [-0.3, -0.25) is 4.79 Å². The van der Waals surface area contributed by atoms with Crippen molar-refractivity contribution in [2.24, 2.45) is 7.05 Å². The number of carbonyl (C=O) groups excluding carboxylic acids is 1. The number of imidazole rings is 1. The van der Waals surface area contributed by atoms with E-state index < -0.39 is 0 Å². The Kier molecular flexibility index (Phi) is 5.93. The number of hydrogen-bond acceptors (Lipinski definition) is 3. The van der Waals surface area contributed by atoms with E-state index in [4.69, 9.17) is 0 Å². The van der Waals surface area contributed by atoms with Crippen LogP contribution >= 0.6 is 0 Å². The van der Waals surface area contributed by atoms with E-state index in [1.165, 1.54) is 16.7 Å². The van der Waals surface area contributed by atoms with Crippen LogP contribution in [0.2, 0.25) is 0 Å². The SMILES string of the molecule is Cc1cc(C)cc(CCC(=O)N(CCO)Cc2cncn2C)c1. The highest BCUT2D eigenvalue weighted by Crippen LogP contribution is 2.12. The highest BCUT2D eigenvalue weighted by molar-refractivity contribution is 5.76. The molecule has 124 valence electrons. The standard InChI is InChI=1S/C18H25N3O2/c1-14-8-15(2)10-16(9-14)4-5-18(23)21(6-7-22)12-17-11-19-13-20(17)3/h8-11,13,22H,4-7,12H2,1-3H3. The summed E-state index contributed by atoms with van der Waals surface area (Å²) in [5.41, 5.74) is 4.57. The smallest absolute Gasteiger partial charge is 0.223 e. The number of rotatable bonds is 7. The Labute approximate surface area is 137 Å². The third-order valence-corrected chi connectivity index (χ3v) is 3.90. The monoisotopic (exact) mass is 315 g/mol. The van der Waals surface area contributed by atoms with E-state index >= 15 is 0 Å². The zero-order valence-electron chi connectivity index (χ0n) is 14.1. The lowest BCUT2D eigenvalue weighted by Crippen LogP contribution is -2.33. The van der Waals surface area contributed by atoms with Crippen LogP contribution in [0.5, 0.6) is 0 Å². The molecular weight excluding hydrogens is 290 g/mol. The largest absolute Gasteiger partial charge is 0.395 e. The van der Waals surface area contributed by atoms with Crippen molar-refractivity contribution in [3.05, 3.63) is 53.1 Å². The number of carbonyl (C=O) groups is 1. The highest BCUT2D eigenvalue weighted by Gasteiger charge is 2.15. The van der Waals surface area contributed by atoms with Crippen molar-refractivity contribution in [1.82, 2.24) is 14.5 Å². The molecular formula is C18H25N3O2. The average Bonchev–Trinajstić information content (AvgIpc) is 2.88. The van der Waals surface area contributed by atoms with Crippen LogP contribution < -0.4 is 0 Å². The lowest BCUT2D eigenvalue weighted by molar-refractivity contribution is -0.132. The van der Waals surface area contributed by atoms with Crippen LogP contribution in [0.1, 0.15) is 28.8 Å². The zero-order chi connectivity index (χ0) is 16.8. The summed E-state index contributed by atoms with van der Waals surface area (Å²) >= 11 is 0. The molecule has 0 unspecified atom stereocenters. The normalized spacial score (nSPS) is 10.8. The third kappa shape index (κ3) is 4.93. The van der Waals surface area contributed by atoms with Crippen LogP contribution in [0, 0.1) is 13.8 Å². The molecule has 0 spiro atoms. The molecule has 0 bridgehead atoms. The molecule has 5 nitrogen and oxygen atoms in total. The van der Waals surface area contributed by atoms with Gasteiger partial charge >= 0.3 is 0 Å². The average molecular weight is 315 g/mol. The molecule has 2 aromatic rings. The Morgan fingerprint density at radius 1 is 1.26 bits per heavy atom. The Bertz CT molecular complexity index is 644. The summed E-state index contributed by atoms with van der Waals surface area (Å²) in [5.74, 6) is 0.0550. The topological polar surface area (TPSA) is 58.4 Å². The molecule has 0 atom stereocenters. The molecule has 0 saturated carbocycles. The molecule has 0 radical (unpaired) electrons. The van der Waals surface area contributed by atoms with Gasteiger partial charge in [-0.1, -0.05) is 29.3 Å². The Balaban J connectivity index is 1.99. The van der Waals surface area contributed by atoms with Gasteiger partial charge in [0.2, 0.25) is 5.91 Å². The van der Waals surface area contributed by atoms with Crippen molar-refractivity contribution in [2.45, 2.75) is 33.2 Å². The minimum absolute atomic E-state index is 0.0346. The van der Waals surface area contributed by atoms with Gasteiger partial charge in [0.1, 0.15) is 0 Å². The van der Waals surface area contributed by atoms with Crippen LogP contribution in [0.25, 0.3) is 0 Å². The highest BCUT2D eigenvalue weighted by atomic mass is 16.3. The predicted octanol–water partition coefficient (Wildman–Crippen LogP) is 1.99. The van der Waals surface area contributed by atoms with Gasteiger partial charge in [-0.2, -0.15) is 0 Å². The van der Waals surface area contributed by atoms with Gasteiger partial charge in [0, 0.05) is 26.2 Å². The number of aliphatic hydroxyl groups is 1. The van der Waals surface area contributed by atoms with Gasteiger partial charge in [0.15, 0.2) is 0 Å². The van der Waals surface area contributed by atoms with Crippen molar-refractivity contribution in [2.75, 3.05) is 13.2 Å². The molecule has 5 heteroatoms. The van der Waals surface area contributed by atoms with Crippen molar-refractivity contribution in [3.8, 4) is 0 Å². The summed E-state index contributed by atoms with van der Waals surface area (Å²) in [7, 11) is 1.90. The second-order valence-corrected chi connectivity index (χ2v) is 6.03. The van der Waals surface area contributed by atoms with E-state index in [0.717, 1.165) is 5.69 Å². The van der Waals surface area contributed by atoms with Gasteiger partial charge < -0.3 is 14.6 Å². The van der Waals surface area contributed by atoms with Gasteiger partial charge in [0.25, 0.3) is 0 Å². The van der Waals surface area contributed by atoms with Crippen LogP contribution in [0.4, 0.5) is 0 Å². The number of benzene rings is 1. The minimum Gasteiger partial charge on any atom is -0.395 e. The van der Waals surface area contributed by atoms with Gasteiger partial charge in [-0.15, -0.1) is 0 Å². The van der Waals surface area contributed by atoms with Gasteiger partial charge in [-0.25, -0.2) is 4.98 Å². The molecule has 0 aliphatic rings. The quantitative estimate of drug-likeness (QED) is 0.850. The molecule has 1 aromatic carbocycles. The number of amides is 1. The second-order valence-electron chi connectivity index (χ2n) is 6.03. The Hall–Kier alpha value is -2.14. The van der Waals surface area contributed by atoms with Gasteiger partial charge in [0.05, 0.1) is 25.2 Å². The molecule has 0 aliphatic heterocycles. The van der Waals surface area contributed by atoms with Crippen molar-refractivity contribution < 1.29 is 9.90 Å². The van der Waals surface area contributed by atoms with Crippen LogP contribution in [-0.4, -0.2) is 38.6 Å². The van der Waals surface area contributed by atoms with Crippen molar-refractivity contribution >= 4 is 5.91 Å².